The summed E-state index contributed by atoms with van der Waals surface area (Å²) in [6.45, 7) is 4.36. The molecule has 1 saturated carbocycles. The summed E-state index contributed by atoms with van der Waals surface area (Å²) < 4.78 is 17.3. The van der Waals surface area contributed by atoms with Crippen LogP contribution in [-0.2, 0) is 4.79 Å². The number of hydrogen-bond acceptors (Lipinski definition) is 7. The summed E-state index contributed by atoms with van der Waals surface area (Å²) in [5.74, 6) is 2.24. The Morgan fingerprint density at radius 1 is 1.21 bits per heavy atom. The SMILES string of the molecule is CC(Sc1nnc(C2COc3ccccc3O2)o1)C(=O)NC1CCCCC1C. The number of aromatic nitrogens is 2. The number of carbonyl (C=O) groups is 1. The number of thioether (sulfide) groups is 1. The van der Waals surface area contributed by atoms with Gasteiger partial charge in [0.15, 0.2) is 11.5 Å². The van der Waals surface area contributed by atoms with Crippen LogP contribution in [0.2, 0.25) is 0 Å². The Kier molecular flexibility index (Phi) is 5.75. The fourth-order valence-electron chi connectivity index (χ4n) is 3.57. The highest BCUT2D eigenvalue weighted by Crippen LogP contribution is 2.36. The van der Waals surface area contributed by atoms with Crippen LogP contribution in [0.4, 0.5) is 0 Å². The molecule has 1 aliphatic heterocycles. The fraction of sp³-hybridized carbons (Fsp3) is 0.550. The van der Waals surface area contributed by atoms with Crippen molar-refractivity contribution in [1.82, 2.24) is 15.5 Å². The van der Waals surface area contributed by atoms with Gasteiger partial charge in [-0.1, -0.05) is 43.7 Å². The second-order valence-corrected chi connectivity index (χ2v) is 8.70. The molecular formula is C20H25N3O4S. The number of nitrogens with zero attached hydrogens (tertiary/aromatic N) is 2. The van der Waals surface area contributed by atoms with Gasteiger partial charge < -0.3 is 19.2 Å². The predicted octanol–water partition coefficient (Wildman–Crippen LogP) is 3.76. The molecule has 1 aromatic carbocycles. The zero-order valence-electron chi connectivity index (χ0n) is 16.1. The Balaban J connectivity index is 1.33. The van der Waals surface area contributed by atoms with Gasteiger partial charge >= 0.3 is 0 Å². The second-order valence-electron chi connectivity index (χ2n) is 7.41. The first-order valence-corrected chi connectivity index (χ1v) is 10.7. The normalized spacial score (nSPS) is 25.1. The minimum atomic E-state index is -0.455. The molecule has 2 heterocycles. The number of nitrogens with one attached hydrogen (secondary N) is 1. The molecule has 1 fully saturated rings. The van der Waals surface area contributed by atoms with Crippen LogP contribution >= 0.6 is 11.8 Å². The molecule has 4 unspecified atom stereocenters. The van der Waals surface area contributed by atoms with E-state index in [0.717, 1.165) is 6.42 Å². The van der Waals surface area contributed by atoms with Crippen LogP contribution in [0.25, 0.3) is 0 Å². The number of rotatable bonds is 5. The van der Waals surface area contributed by atoms with Crippen molar-refractivity contribution in [2.24, 2.45) is 5.92 Å². The lowest BCUT2D eigenvalue weighted by atomic mass is 9.86. The van der Waals surface area contributed by atoms with Crippen molar-refractivity contribution >= 4 is 17.7 Å². The zero-order chi connectivity index (χ0) is 19.5. The van der Waals surface area contributed by atoms with Crippen molar-refractivity contribution in [2.75, 3.05) is 6.61 Å². The van der Waals surface area contributed by atoms with Gasteiger partial charge in [-0.2, -0.15) is 0 Å². The maximum absolute atomic E-state index is 12.5. The summed E-state index contributed by atoms with van der Waals surface area (Å²) in [6.07, 6.45) is 4.20. The van der Waals surface area contributed by atoms with Crippen LogP contribution in [-0.4, -0.2) is 34.0 Å². The van der Waals surface area contributed by atoms with Gasteiger partial charge in [0, 0.05) is 6.04 Å². The lowest BCUT2D eigenvalue weighted by molar-refractivity contribution is -0.121. The summed E-state index contributed by atoms with van der Waals surface area (Å²) in [7, 11) is 0. The molecule has 1 N–H and O–H groups in total. The van der Waals surface area contributed by atoms with Crippen molar-refractivity contribution < 1.29 is 18.7 Å². The quantitative estimate of drug-likeness (QED) is 0.761. The first kappa shape index (κ1) is 19.1. The zero-order valence-corrected chi connectivity index (χ0v) is 16.9. The maximum atomic E-state index is 12.5. The van der Waals surface area contributed by atoms with Crippen molar-refractivity contribution in [2.45, 2.75) is 62.1 Å². The van der Waals surface area contributed by atoms with Gasteiger partial charge in [-0.25, -0.2) is 0 Å². The Morgan fingerprint density at radius 3 is 2.82 bits per heavy atom. The van der Waals surface area contributed by atoms with E-state index in [-0.39, 0.29) is 17.2 Å². The number of carbonyl (C=O) groups excluding carboxylic acids is 1. The van der Waals surface area contributed by atoms with Gasteiger partial charge in [0.25, 0.3) is 11.1 Å². The highest BCUT2D eigenvalue weighted by Gasteiger charge is 2.29. The Labute approximate surface area is 168 Å². The first-order valence-electron chi connectivity index (χ1n) is 9.79. The number of benzene rings is 1. The molecule has 0 radical (unpaired) electrons. The molecule has 150 valence electrons. The highest BCUT2D eigenvalue weighted by molar-refractivity contribution is 8.00. The van der Waals surface area contributed by atoms with E-state index in [1.807, 2.05) is 31.2 Å². The van der Waals surface area contributed by atoms with Crippen molar-refractivity contribution in [3.8, 4) is 11.5 Å². The van der Waals surface area contributed by atoms with Crippen LogP contribution in [0.5, 0.6) is 11.5 Å². The molecule has 7 nitrogen and oxygen atoms in total. The Morgan fingerprint density at radius 2 is 2.00 bits per heavy atom. The van der Waals surface area contributed by atoms with Gasteiger partial charge in [0.05, 0.1) is 5.25 Å². The summed E-state index contributed by atoms with van der Waals surface area (Å²) in [4.78, 5) is 12.5. The molecule has 0 spiro atoms. The lowest BCUT2D eigenvalue weighted by Crippen LogP contribution is -2.44. The molecule has 0 saturated heterocycles. The topological polar surface area (TPSA) is 86.5 Å². The smallest absolute Gasteiger partial charge is 0.277 e. The summed E-state index contributed by atoms with van der Waals surface area (Å²) in [6, 6.07) is 7.73. The van der Waals surface area contributed by atoms with E-state index in [2.05, 4.69) is 22.4 Å². The molecule has 1 aromatic heterocycles. The summed E-state index contributed by atoms with van der Waals surface area (Å²) in [5, 5.41) is 11.4. The van der Waals surface area contributed by atoms with Gasteiger partial charge in [-0.3, -0.25) is 4.79 Å². The third-order valence-corrected chi connectivity index (χ3v) is 6.23. The third-order valence-electron chi connectivity index (χ3n) is 5.29. The Hall–Kier alpha value is -2.22. The van der Waals surface area contributed by atoms with Crippen molar-refractivity contribution in [3.63, 3.8) is 0 Å². The number of para-hydroxylation sites is 2. The number of fused-ring (bicyclic) bond motifs is 1. The number of ether oxygens (including phenoxy) is 2. The van der Waals surface area contributed by atoms with Crippen LogP contribution < -0.4 is 14.8 Å². The van der Waals surface area contributed by atoms with Gasteiger partial charge in [0.1, 0.15) is 6.61 Å². The fourth-order valence-corrected chi connectivity index (χ4v) is 4.27. The van der Waals surface area contributed by atoms with Gasteiger partial charge in [0.2, 0.25) is 12.0 Å². The minimum Gasteiger partial charge on any atom is -0.485 e. The van der Waals surface area contributed by atoms with E-state index in [1.165, 1.54) is 31.0 Å². The van der Waals surface area contributed by atoms with Crippen molar-refractivity contribution in [3.05, 3.63) is 30.2 Å². The van der Waals surface area contributed by atoms with E-state index in [1.54, 1.807) is 0 Å². The Bertz CT molecular complexity index is 827. The number of amides is 1. The third kappa shape index (κ3) is 4.27. The van der Waals surface area contributed by atoms with Gasteiger partial charge in [-0.05, 0) is 37.8 Å². The molecule has 8 heteroatoms. The predicted molar refractivity (Wildman–Crippen MR) is 104 cm³/mol. The highest BCUT2D eigenvalue weighted by atomic mass is 32.2. The molecule has 4 rings (SSSR count). The van der Waals surface area contributed by atoms with Gasteiger partial charge in [-0.15, -0.1) is 10.2 Å². The first-order chi connectivity index (χ1) is 13.6. The molecule has 28 heavy (non-hydrogen) atoms. The largest absolute Gasteiger partial charge is 0.485 e. The average Bonchev–Trinajstić information content (AvgIpc) is 3.17. The van der Waals surface area contributed by atoms with E-state index >= 15 is 0 Å². The van der Waals surface area contributed by atoms with Crippen LogP contribution in [0.15, 0.2) is 33.9 Å². The van der Waals surface area contributed by atoms with E-state index in [0.29, 0.717) is 35.1 Å². The molecule has 1 amide bonds. The molecule has 0 bridgehead atoms. The molecule has 1 aliphatic carbocycles. The van der Waals surface area contributed by atoms with Crippen LogP contribution in [0.1, 0.15) is 51.5 Å². The maximum Gasteiger partial charge on any atom is 0.277 e. The molecular weight excluding hydrogens is 378 g/mol. The summed E-state index contributed by atoms with van der Waals surface area (Å²) >= 11 is 1.26. The monoisotopic (exact) mass is 403 g/mol. The van der Waals surface area contributed by atoms with Crippen LogP contribution in [0, 0.1) is 5.92 Å². The molecule has 2 aliphatic rings. The van der Waals surface area contributed by atoms with Crippen LogP contribution in [0.3, 0.4) is 0 Å². The second kappa shape index (κ2) is 8.43. The summed E-state index contributed by atoms with van der Waals surface area (Å²) in [5.41, 5.74) is 0. The lowest BCUT2D eigenvalue weighted by Gasteiger charge is -2.30. The molecule has 2 aromatic rings. The average molecular weight is 404 g/mol. The minimum absolute atomic E-state index is 0.00896. The van der Waals surface area contributed by atoms with E-state index in [4.69, 9.17) is 13.9 Å². The standard InChI is InChI=1S/C20H25N3O4S/c1-12-7-3-4-8-14(12)21-18(24)13(2)28-20-23-22-19(27-20)17-11-25-15-9-5-6-10-16(15)26-17/h5-6,9-10,12-14,17H,3-4,7-8,11H2,1-2H3,(H,21,24). The van der Waals surface area contributed by atoms with E-state index < -0.39 is 6.10 Å². The van der Waals surface area contributed by atoms with Crippen molar-refractivity contribution in [1.29, 1.82) is 0 Å². The van der Waals surface area contributed by atoms with E-state index in [9.17, 15) is 4.79 Å². The number of hydrogen-bond donors (Lipinski definition) is 1. The molecule has 4 atom stereocenters.